The van der Waals surface area contributed by atoms with Gasteiger partial charge in [0.25, 0.3) is 17.7 Å². The van der Waals surface area contributed by atoms with Crippen molar-refractivity contribution in [2.75, 3.05) is 36.4 Å². The summed E-state index contributed by atoms with van der Waals surface area (Å²) in [6, 6.07) is 19.3. The number of nitrogens with one attached hydrogen (secondary N) is 4. The Morgan fingerprint density at radius 1 is 0.909 bits per heavy atom. The number of fused-ring (bicyclic) bond motifs is 1. The van der Waals surface area contributed by atoms with E-state index >= 15 is 0 Å². The molecule has 3 aliphatic heterocycles. The van der Waals surface area contributed by atoms with Crippen molar-refractivity contribution in [3.05, 3.63) is 87.9 Å². The first-order valence-corrected chi connectivity index (χ1v) is 19.3. The Labute approximate surface area is 324 Å². The molecule has 0 spiro atoms. The SMILES string of the molecule is C[C@H]1C[C@@H](NC(=O)c2ccc(NCCNC3CCN(c4ccc5c(c4)C(=O)N(C4CCC(=O)NC4=O)C5=O)CC3)cc2)CC[C@@H]1Oc1ccc(C#N)c(Cl)c1. The van der Waals surface area contributed by atoms with Crippen molar-refractivity contribution >= 4 is 52.5 Å². The summed E-state index contributed by atoms with van der Waals surface area (Å²) >= 11 is 6.17. The first-order chi connectivity index (χ1) is 26.6. The van der Waals surface area contributed by atoms with Gasteiger partial charge in [0.05, 0.1) is 21.7 Å². The molecule has 1 unspecified atom stereocenters. The van der Waals surface area contributed by atoms with E-state index in [1.54, 1.807) is 30.3 Å². The lowest BCUT2D eigenvalue weighted by atomic mass is 9.84. The van der Waals surface area contributed by atoms with Crippen molar-refractivity contribution in [1.82, 2.24) is 20.9 Å². The summed E-state index contributed by atoms with van der Waals surface area (Å²) in [5.41, 5.74) is 3.40. The number of amides is 5. The highest BCUT2D eigenvalue weighted by Gasteiger charge is 2.45. The number of hydrogen-bond acceptors (Lipinski definition) is 10. The number of piperidine rings is 2. The Kier molecular flexibility index (Phi) is 11.4. The van der Waals surface area contributed by atoms with Gasteiger partial charge in [0, 0.05) is 67.7 Å². The summed E-state index contributed by atoms with van der Waals surface area (Å²) in [6.45, 7) is 5.18. The molecule has 5 amide bonds. The normalized spacial score (nSPS) is 22.9. The molecule has 0 aromatic heterocycles. The van der Waals surface area contributed by atoms with Crippen LogP contribution in [0.3, 0.4) is 0 Å². The first-order valence-electron chi connectivity index (χ1n) is 18.9. The average Bonchev–Trinajstić information content (AvgIpc) is 3.43. The van der Waals surface area contributed by atoms with Crippen LogP contribution in [0.2, 0.25) is 5.02 Å². The van der Waals surface area contributed by atoms with E-state index in [1.165, 1.54) is 0 Å². The highest BCUT2D eigenvalue weighted by atomic mass is 35.5. The highest BCUT2D eigenvalue weighted by Crippen LogP contribution is 2.33. The molecule has 3 aromatic rings. The Morgan fingerprint density at radius 2 is 1.67 bits per heavy atom. The lowest BCUT2D eigenvalue weighted by molar-refractivity contribution is -0.136. The molecule has 0 bridgehead atoms. The van der Waals surface area contributed by atoms with E-state index in [2.05, 4.69) is 39.2 Å². The molecule has 13 nitrogen and oxygen atoms in total. The fourth-order valence-corrected chi connectivity index (χ4v) is 8.21. The third-order valence-corrected chi connectivity index (χ3v) is 11.4. The van der Waals surface area contributed by atoms with E-state index in [0.717, 1.165) is 68.0 Å². The van der Waals surface area contributed by atoms with Crippen LogP contribution in [0.1, 0.15) is 88.5 Å². The highest BCUT2D eigenvalue weighted by molar-refractivity contribution is 6.31. The van der Waals surface area contributed by atoms with Crippen LogP contribution in [0.15, 0.2) is 60.7 Å². The predicted octanol–water partition coefficient (Wildman–Crippen LogP) is 4.65. The quantitative estimate of drug-likeness (QED) is 0.159. The Bertz CT molecular complexity index is 2030. The van der Waals surface area contributed by atoms with Gasteiger partial charge in [0.15, 0.2) is 0 Å². The first kappa shape index (κ1) is 37.8. The third kappa shape index (κ3) is 8.45. The zero-order chi connectivity index (χ0) is 38.6. The number of nitriles is 1. The number of nitrogens with zero attached hydrogens (tertiary/aromatic N) is 3. The molecular formula is C41H44ClN7O6. The van der Waals surface area contributed by atoms with Crippen molar-refractivity contribution in [2.24, 2.45) is 5.92 Å². The molecule has 55 heavy (non-hydrogen) atoms. The molecule has 3 heterocycles. The van der Waals surface area contributed by atoms with Crippen LogP contribution in [-0.2, 0) is 9.59 Å². The van der Waals surface area contributed by atoms with Gasteiger partial charge in [-0.2, -0.15) is 5.26 Å². The van der Waals surface area contributed by atoms with Gasteiger partial charge in [-0.1, -0.05) is 18.5 Å². The standard InChI is InChI=1S/C41H44ClN7O6/c1-24-20-29(7-12-36(24)55-31-9-4-26(23-43)34(42)22-31)46-38(51)25-2-5-27(6-3-25)44-16-17-45-28-14-18-48(19-15-28)30-8-10-32-33(21-30)41(54)49(40(32)53)35-11-13-37(50)47-39(35)52/h2-6,8-10,21-22,24,28-29,35-36,44-45H,7,11-20H2,1H3,(H,46,51)(H,47,50,52)/t24-,29-,35?,36-/m0/s1. The summed E-state index contributed by atoms with van der Waals surface area (Å²) < 4.78 is 6.18. The molecule has 7 rings (SSSR count). The summed E-state index contributed by atoms with van der Waals surface area (Å²) in [5.74, 6) is -1.23. The van der Waals surface area contributed by atoms with Crippen LogP contribution in [0, 0.1) is 17.2 Å². The molecule has 4 N–H and O–H groups in total. The minimum Gasteiger partial charge on any atom is -0.490 e. The lowest BCUT2D eigenvalue weighted by Crippen LogP contribution is -2.54. The van der Waals surface area contributed by atoms with Gasteiger partial charge in [-0.15, -0.1) is 0 Å². The molecule has 4 aliphatic rings. The molecule has 1 saturated carbocycles. The van der Waals surface area contributed by atoms with Crippen molar-refractivity contribution in [3.63, 3.8) is 0 Å². The van der Waals surface area contributed by atoms with Gasteiger partial charge in [-0.25, -0.2) is 0 Å². The van der Waals surface area contributed by atoms with Gasteiger partial charge in [0.2, 0.25) is 11.8 Å². The predicted molar refractivity (Wildman–Crippen MR) is 206 cm³/mol. The molecule has 14 heteroatoms. The maximum Gasteiger partial charge on any atom is 0.262 e. The van der Waals surface area contributed by atoms with Crippen molar-refractivity contribution in [1.29, 1.82) is 5.26 Å². The summed E-state index contributed by atoms with van der Waals surface area (Å²) in [4.78, 5) is 66.5. The summed E-state index contributed by atoms with van der Waals surface area (Å²) in [7, 11) is 0. The fraction of sp³-hybridized carbons (Fsp3) is 0.415. The number of benzene rings is 3. The minimum absolute atomic E-state index is 0.00494. The molecule has 0 radical (unpaired) electrons. The molecule has 1 aliphatic carbocycles. The third-order valence-electron chi connectivity index (χ3n) is 11.1. The number of rotatable bonds is 11. The number of carbonyl (C=O) groups excluding carboxylic acids is 5. The maximum atomic E-state index is 13.2. The molecule has 3 aromatic carbocycles. The second-order valence-electron chi connectivity index (χ2n) is 14.8. The van der Waals surface area contributed by atoms with Gasteiger partial charge < -0.3 is 25.6 Å². The number of imide groups is 2. The second-order valence-corrected chi connectivity index (χ2v) is 15.2. The zero-order valence-corrected chi connectivity index (χ0v) is 31.4. The molecule has 286 valence electrons. The van der Waals surface area contributed by atoms with Crippen LogP contribution in [0.25, 0.3) is 0 Å². The lowest BCUT2D eigenvalue weighted by Gasteiger charge is -2.34. The Hall–Kier alpha value is -5.45. The van der Waals surface area contributed by atoms with Gasteiger partial charge in [0.1, 0.15) is 24.0 Å². The topological polar surface area (TPSA) is 173 Å². The van der Waals surface area contributed by atoms with E-state index in [-0.39, 0.29) is 42.4 Å². The second kappa shape index (κ2) is 16.5. The van der Waals surface area contributed by atoms with Gasteiger partial charge in [-0.05, 0) is 99.0 Å². The van der Waals surface area contributed by atoms with E-state index in [0.29, 0.717) is 40.0 Å². The molecule has 2 saturated heterocycles. The van der Waals surface area contributed by atoms with Crippen molar-refractivity contribution in [2.45, 2.75) is 76.1 Å². The van der Waals surface area contributed by atoms with Crippen LogP contribution in [-0.4, -0.2) is 84.8 Å². The number of anilines is 2. The Balaban J connectivity index is 0.807. The number of ether oxygens (including phenoxy) is 1. The molecule has 3 fully saturated rings. The Morgan fingerprint density at radius 3 is 2.38 bits per heavy atom. The number of carbonyl (C=O) groups is 5. The maximum absolute atomic E-state index is 13.2. The number of hydrogen-bond donors (Lipinski definition) is 4. The monoisotopic (exact) mass is 765 g/mol. The average molecular weight is 766 g/mol. The van der Waals surface area contributed by atoms with E-state index in [4.69, 9.17) is 21.6 Å². The molecule has 4 atom stereocenters. The van der Waals surface area contributed by atoms with E-state index in [9.17, 15) is 24.0 Å². The van der Waals surface area contributed by atoms with Crippen LogP contribution >= 0.6 is 11.6 Å². The van der Waals surface area contributed by atoms with Crippen LogP contribution in [0.4, 0.5) is 11.4 Å². The van der Waals surface area contributed by atoms with E-state index < -0.39 is 29.7 Å². The largest absolute Gasteiger partial charge is 0.490 e. The minimum atomic E-state index is -0.979. The molecular weight excluding hydrogens is 722 g/mol. The fourth-order valence-electron chi connectivity index (χ4n) is 8.00. The van der Waals surface area contributed by atoms with Crippen molar-refractivity contribution in [3.8, 4) is 11.8 Å². The van der Waals surface area contributed by atoms with Crippen molar-refractivity contribution < 1.29 is 28.7 Å². The summed E-state index contributed by atoms with van der Waals surface area (Å²) in [5, 5.41) is 21.9. The smallest absolute Gasteiger partial charge is 0.262 e. The van der Waals surface area contributed by atoms with Gasteiger partial charge >= 0.3 is 0 Å². The van der Waals surface area contributed by atoms with Crippen LogP contribution < -0.4 is 30.9 Å². The van der Waals surface area contributed by atoms with Crippen LogP contribution in [0.5, 0.6) is 5.75 Å². The summed E-state index contributed by atoms with van der Waals surface area (Å²) in [6.07, 6.45) is 4.45. The zero-order valence-electron chi connectivity index (χ0n) is 30.6. The number of halogens is 1. The van der Waals surface area contributed by atoms with Gasteiger partial charge in [-0.3, -0.25) is 34.2 Å². The van der Waals surface area contributed by atoms with E-state index in [1.807, 2.05) is 30.3 Å².